The topological polar surface area (TPSA) is 66.1 Å². The van der Waals surface area contributed by atoms with Crippen molar-refractivity contribution in [2.45, 2.75) is 13.2 Å². The number of halogens is 1. The molecule has 2 aromatic rings. The second-order valence-electron chi connectivity index (χ2n) is 3.80. The van der Waals surface area contributed by atoms with Gasteiger partial charge in [-0.15, -0.1) is 0 Å². The highest BCUT2D eigenvalue weighted by Gasteiger charge is 2.09. The van der Waals surface area contributed by atoms with E-state index in [4.69, 9.17) is 10.00 Å². The van der Waals surface area contributed by atoms with E-state index in [1.807, 2.05) is 18.2 Å². The number of hydrogen-bond donors (Lipinski definition) is 1. The highest BCUT2D eigenvalue weighted by molar-refractivity contribution is 9.10. The fraction of sp³-hybridized carbons (Fsp3) is 0.143. The lowest BCUT2D eigenvalue weighted by Gasteiger charge is -2.12. The zero-order chi connectivity index (χ0) is 13.7. The van der Waals surface area contributed by atoms with Gasteiger partial charge in [0.15, 0.2) is 0 Å². The Kier molecular flexibility index (Phi) is 4.50. The molecular formula is C14H11BrN2O2. The minimum absolute atomic E-state index is 0.104. The summed E-state index contributed by atoms with van der Waals surface area (Å²) in [5.41, 5.74) is 1.75. The van der Waals surface area contributed by atoms with Gasteiger partial charge in [-0.2, -0.15) is 5.26 Å². The second kappa shape index (κ2) is 6.32. The lowest BCUT2D eigenvalue weighted by Crippen LogP contribution is -2.02. The van der Waals surface area contributed by atoms with Crippen molar-refractivity contribution in [3.63, 3.8) is 0 Å². The number of pyridine rings is 1. The van der Waals surface area contributed by atoms with E-state index >= 15 is 0 Å². The van der Waals surface area contributed by atoms with Gasteiger partial charge in [-0.25, -0.2) is 4.98 Å². The van der Waals surface area contributed by atoms with E-state index in [1.165, 1.54) is 0 Å². The summed E-state index contributed by atoms with van der Waals surface area (Å²) < 4.78 is 6.45. The van der Waals surface area contributed by atoms with Gasteiger partial charge in [-0.1, -0.05) is 18.2 Å². The molecule has 96 valence electrons. The van der Waals surface area contributed by atoms with Crippen LogP contribution >= 0.6 is 15.9 Å². The van der Waals surface area contributed by atoms with Gasteiger partial charge < -0.3 is 9.84 Å². The number of hydrogen-bond acceptors (Lipinski definition) is 4. The molecule has 19 heavy (non-hydrogen) atoms. The monoisotopic (exact) mass is 318 g/mol. The van der Waals surface area contributed by atoms with Crippen LogP contribution in [0.25, 0.3) is 0 Å². The molecule has 0 aliphatic rings. The number of ether oxygens (including phenoxy) is 1. The molecule has 0 amide bonds. The van der Waals surface area contributed by atoms with Crippen molar-refractivity contribution in [3.05, 3.63) is 57.8 Å². The number of rotatable bonds is 4. The minimum atomic E-state index is -0.104. The number of nitrogens with zero attached hydrogens (tertiary/aromatic N) is 2. The van der Waals surface area contributed by atoms with E-state index < -0.39 is 0 Å². The van der Waals surface area contributed by atoms with Gasteiger partial charge in [-0.05, 0) is 28.1 Å². The van der Waals surface area contributed by atoms with Crippen molar-refractivity contribution >= 4 is 15.9 Å². The summed E-state index contributed by atoms with van der Waals surface area (Å²) in [4.78, 5) is 3.97. The lowest BCUT2D eigenvalue weighted by molar-refractivity contribution is 0.258. The summed E-state index contributed by atoms with van der Waals surface area (Å²) in [5.74, 6) is 0.581. The zero-order valence-corrected chi connectivity index (χ0v) is 11.6. The van der Waals surface area contributed by atoms with Crippen LogP contribution in [0.2, 0.25) is 0 Å². The largest absolute Gasteiger partial charge is 0.487 e. The summed E-state index contributed by atoms with van der Waals surface area (Å²) in [6, 6.07) is 11.0. The third kappa shape index (κ3) is 3.11. The summed E-state index contributed by atoms with van der Waals surface area (Å²) in [6.07, 6.45) is 1.57. The predicted molar refractivity (Wildman–Crippen MR) is 73.3 cm³/mol. The third-order valence-electron chi connectivity index (χ3n) is 2.59. The summed E-state index contributed by atoms with van der Waals surface area (Å²) in [5, 5.41) is 18.2. The molecule has 0 saturated heterocycles. The molecule has 1 aromatic heterocycles. The molecule has 4 nitrogen and oxygen atoms in total. The van der Waals surface area contributed by atoms with Crippen LogP contribution in [0.1, 0.15) is 16.8 Å². The maximum atomic E-state index is 9.28. The normalized spacial score (nSPS) is 9.95. The van der Waals surface area contributed by atoms with Crippen molar-refractivity contribution in [2.75, 3.05) is 0 Å². The lowest BCUT2D eigenvalue weighted by atomic mass is 10.2. The molecule has 0 unspecified atom stereocenters. The van der Waals surface area contributed by atoms with Crippen molar-refractivity contribution in [3.8, 4) is 11.8 Å². The SMILES string of the molecule is N#Cc1ncccc1COc1c(Br)cccc1CO. The van der Waals surface area contributed by atoms with Crippen LogP contribution in [0.3, 0.4) is 0 Å². The Morgan fingerprint density at radius 1 is 1.26 bits per heavy atom. The van der Waals surface area contributed by atoms with E-state index in [-0.39, 0.29) is 13.2 Å². The van der Waals surface area contributed by atoms with Crippen molar-refractivity contribution in [1.82, 2.24) is 4.98 Å². The molecule has 0 atom stereocenters. The number of nitriles is 1. The number of aromatic nitrogens is 1. The van der Waals surface area contributed by atoms with Crippen LogP contribution in [-0.4, -0.2) is 10.1 Å². The highest BCUT2D eigenvalue weighted by atomic mass is 79.9. The molecule has 1 heterocycles. The predicted octanol–water partition coefficient (Wildman–Crippen LogP) is 2.79. The molecule has 0 saturated carbocycles. The van der Waals surface area contributed by atoms with Gasteiger partial charge in [0.2, 0.25) is 0 Å². The van der Waals surface area contributed by atoms with Gasteiger partial charge in [-0.3, -0.25) is 0 Å². The molecule has 0 radical (unpaired) electrons. The van der Waals surface area contributed by atoms with Gasteiger partial charge in [0.1, 0.15) is 24.1 Å². The Morgan fingerprint density at radius 2 is 2.05 bits per heavy atom. The van der Waals surface area contributed by atoms with Crippen LogP contribution in [0.4, 0.5) is 0 Å². The van der Waals surface area contributed by atoms with Gasteiger partial charge in [0.05, 0.1) is 11.1 Å². The molecule has 1 aromatic carbocycles. The zero-order valence-electron chi connectivity index (χ0n) is 10.0. The van der Waals surface area contributed by atoms with Crippen LogP contribution < -0.4 is 4.74 Å². The molecule has 5 heteroatoms. The molecule has 0 aliphatic carbocycles. The highest BCUT2D eigenvalue weighted by Crippen LogP contribution is 2.29. The second-order valence-corrected chi connectivity index (χ2v) is 4.65. The van der Waals surface area contributed by atoms with E-state index in [9.17, 15) is 5.11 Å². The van der Waals surface area contributed by atoms with E-state index in [1.54, 1.807) is 24.4 Å². The van der Waals surface area contributed by atoms with Crippen LogP contribution in [0.15, 0.2) is 41.0 Å². The minimum Gasteiger partial charge on any atom is -0.487 e. The fourth-order valence-electron chi connectivity index (χ4n) is 1.65. The van der Waals surface area contributed by atoms with Gasteiger partial charge in [0.25, 0.3) is 0 Å². The molecule has 0 fully saturated rings. The van der Waals surface area contributed by atoms with Crippen LogP contribution in [-0.2, 0) is 13.2 Å². The number of benzene rings is 1. The van der Waals surface area contributed by atoms with Gasteiger partial charge in [0, 0.05) is 17.3 Å². The standard InChI is InChI=1S/C14H11BrN2O2/c15-12-5-1-3-10(8-18)14(12)19-9-11-4-2-6-17-13(11)7-16/h1-6,18H,8-9H2. The Balaban J connectivity index is 2.22. The Bertz CT molecular complexity index is 623. The van der Waals surface area contributed by atoms with E-state index in [2.05, 4.69) is 20.9 Å². The number of aliphatic hydroxyl groups is 1. The summed E-state index contributed by atoms with van der Waals surface area (Å²) >= 11 is 3.38. The molecular weight excluding hydrogens is 308 g/mol. The molecule has 1 N–H and O–H groups in total. The van der Waals surface area contributed by atoms with Gasteiger partial charge >= 0.3 is 0 Å². The average Bonchev–Trinajstić information content (AvgIpc) is 2.46. The van der Waals surface area contributed by atoms with Crippen LogP contribution in [0.5, 0.6) is 5.75 Å². The van der Waals surface area contributed by atoms with Crippen molar-refractivity contribution in [2.24, 2.45) is 0 Å². The maximum absolute atomic E-state index is 9.28. The Labute approximate surface area is 119 Å². The van der Waals surface area contributed by atoms with Crippen molar-refractivity contribution < 1.29 is 9.84 Å². The Morgan fingerprint density at radius 3 is 2.79 bits per heavy atom. The first kappa shape index (κ1) is 13.5. The first-order valence-corrected chi connectivity index (χ1v) is 6.40. The Hall–Kier alpha value is -1.90. The van der Waals surface area contributed by atoms with E-state index in [0.717, 1.165) is 4.47 Å². The fourth-order valence-corrected chi connectivity index (χ4v) is 2.17. The number of aliphatic hydroxyl groups excluding tert-OH is 1. The third-order valence-corrected chi connectivity index (χ3v) is 3.21. The quantitative estimate of drug-likeness (QED) is 0.941. The molecule has 0 bridgehead atoms. The smallest absolute Gasteiger partial charge is 0.147 e. The number of para-hydroxylation sites is 1. The van der Waals surface area contributed by atoms with E-state index in [0.29, 0.717) is 22.6 Å². The van der Waals surface area contributed by atoms with Crippen LogP contribution in [0, 0.1) is 11.3 Å². The summed E-state index contributed by atoms with van der Waals surface area (Å²) in [6.45, 7) is 0.124. The van der Waals surface area contributed by atoms with Crippen molar-refractivity contribution in [1.29, 1.82) is 5.26 Å². The summed E-state index contributed by atoms with van der Waals surface area (Å²) in [7, 11) is 0. The first-order chi connectivity index (χ1) is 9.26. The maximum Gasteiger partial charge on any atom is 0.147 e. The molecule has 0 aliphatic heterocycles. The molecule has 2 rings (SSSR count). The first-order valence-electron chi connectivity index (χ1n) is 5.61. The average molecular weight is 319 g/mol. The molecule has 0 spiro atoms.